The lowest BCUT2D eigenvalue weighted by Crippen LogP contribution is -2.45. The number of hydrogen-bond acceptors (Lipinski definition) is 4. The number of benzene rings is 1. The van der Waals surface area contributed by atoms with Crippen LogP contribution < -0.4 is 0 Å². The topological polar surface area (TPSA) is 50.5 Å². The highest BCUT2D eigenvalue weighted by Gasteiger charge is 2.31. The molecular formula is C24H22Cl2N4OS. The Morgan fingerprint density at radius 1 is 1.16 bits per heavy atom. The third-order valence-electron chi connectivity index (χ3n) is 5.83. The zero-order valence-corrected chi connectivity index (χ0v) is 19.9. The zero-order valence-electron chi connectivity index (χ0n) is 17.6. The van der Waals surface area contributed by atoms with E-state index in [4.69, 9.17) is 28.2 Å². The number of imidazole rings is 1. The molecule has 1 aliphatic heterocycles. The maximum absolute atomic E-state index is 13.7. The molecule has 1 fully saturated rings. The highest BCUT2D eigenvalue weighted by Crippen LogP contribution is 2.33. The molecule has 0 spiro atoms. The lowest BCUT2D eigenvalue weighted by Gasteiger charge is -2.35. The fraction of sp³-hybridized carbons (Fsp3) is 0.292. The minimum Gasteiger partial charge on any atom is -0.334 e. The van der Waals surface area contributed by atoms with E-state index < -0.39 is 0 Å². The number of aromatic nitrogens is 3. The summed E-state index contributed by atoms with van der Waals surface area (Å²) < 4.78 is 1.85. The van der Waals surface area contributed by atoms with E-state index in [-0.39, 0.29) is 11.9 Å². The molecule has 0 saturated carbocycles. The second-order valence-corrected chi connectivity index (χ2v) is 10.1. The van der Waals surface area contributed by atoms with Gasteiger partial charge in [0.05, 0.1) is 25.6 Å². The maximum Gasteiger partial charge on any atom is 0.274 e. The van der Waals surface area contributed by atoms with E-state index in [0.29, 0.717) is 27.8 Å². The molecule has 1 atom stereocenters. The summed E-state index contributed by atoms with van der Waals surface area (Å²) in [5, 5.41) is 1.98. The molecule has 0 radical (unpaired) electrons. The molecule has 164 valence electrons. The number of pyridine rings is 1. The number of likely N-dealkylation sites (tertiary alicyclic amines) is 1. The highest BCUT2D eigenvalue weighted by molar-refractivity contribution is 7.15. The molecule has 5 nitrogen and oxygen atoms in total. The molecule has 1 aromatic carbocycles. The molecule has 1 amide bonds. The normalized spacial score (nSPS) is 16.6. The molecule has 8 heteroatoms. The van der Waals surface area contributed by atoms with Crippen LogP contribution in [0.2, 0.25) is 10.0 Å². The Labute approximate surface area is 200 Å². The van der Waals surface area contributed by atoms with Crippen molar-refractivity contribution in [2.24, 2.45) is 0 Å². The molecule has 3 aromatic heterocycles. The van der Waals surface area contributed by atoms with Gasteiger partial charge >= 0.3 is 0 Å². The van der Waals surface area contributed by atoms with Gasteiger partial charge in [0.2, 0.25) is 0 Å². The average molecular weight is 485 g/mol. The number of piperidine rings is 1. The van der Waals surface area contributed by atoms with Gasteiger partial charge in [-0.05, 0) is 37.8 Å². The minimum absolute atomic E-state index is 0.00254. The van der Waals surface area contributed by atoms with Gasteiger partial charge in [0.25, 0.3) is 5.91 Å². The van der Waals surface area contributed by atoms with E-state index in [9.17, 15) is 4.79 Å². The lowest BCUT2D eigenvalue weighted by molar-refractivity contribution is 0.0608. The minimum atomic E-state index is 0.00254. The van der Waals surface area contributed by atoms with Crippen LogP contribution in [-0.4, -0.2) is 37.8 Å². The summed E-state index contributed by atoms with van der Waals surface area (Å²) in [5.74, 6) is 0.00254. The van der Waals surface area contributed by atoms with Gasteiger partial charge in [0.15, 0.2) is 5.65 Å². The Kier molecular flexibility index (Phi) is 5.93. The Bertz CT molecular complexity index is 1280. The van der Waals surface area contributed by atoms with Crippen molar-refractivity contribution in [2.75, 3.05) is 6.54 Å². The molecule has 32 heavy (non-hydrogen) atoms. The van der Waals surface area contributed by atoms with Gasteiger partial charge < -0.3 is 9.30 Å². The Hall–Kier alpha value is -2.41. The fourth-order valence-electron chi connectivity index (χ4n) is 4.39. The third-order valence-corrected chi connectivity index (χ3v) is 7.33. The first-order chi connectivity index (χ1) is 15.5. The van der Waals surface area contributed by atoms with Crippen molar-refractivity contribution in [3.05, 3.63) is 75.2 Å². The first kappa shape index (κ1) is 21.4. The van der Waals surface area contributed by atoms with Crippen molar-refractivity contribution in [3.63, 3.8) is 0 Å². The van der Waals surface area contributed by atoms with Crippen LogP contribution in [0.4, 0.5) is 0 Å². The SMILES string of the molecule is Cc1nc(C(=O)N2CCCC[C@H]2Cc2cn3cc(Cl)cc(Cl)c3n2)c(-c2ccccc2)s1. The largest absolute Gasteiger partial charge is 0.334 e. The predicted octanol–water partition coefficient (Wildman–Crippen LogP) is 6.31. The van der Waals surface area contributed by atoms with Crippen LogP contribution >= 0.6 is 34.5 Å². The number of carbonyl (C=O) groups excluding carboxylic acids is 1. The second kappa shape index (κ2) is 8.85. The predicted molar refractivity (Wildman–Crippen MR) is 130 cm³/mol. The Morgan fingerprint density at radius 3 is 2.78 bits per heavy atom. The summed E-state index contributed by atoms with van der Waals surface area (Å²) in [6, 6.07) is 11.8. The molecule has 0 aliphatic carbocycles. The number of rotatable bonds is 4. The molecular weight excluding hydrogens is 463 g/mol. The summed E-state index contributed by atoms with van der Waals surface area (Å²) in [6.07, 6.45) is 7.46. The smallest absolute Gasteiger partial charge is 0.274 e. The first-order valence-corrected chi connectivity index (χ1v) is 12.2. The monoisotopic (exact) mass is 484 g/mol. The van der Waals surface area contributed by atoms with E-state index in [1.54, 1.807) is 23.6 Å². The number of amides is 1. The number of hydrogen-bond donors (Lipinski definition) is 0. The molecule has 4 heterocycles. The van der Waals surface area contributed by atoms with Crippen LogP contribution in [0.5, 0.6) is 0 Å². The average Bonchev–Trinajstić information content (AvgIpc) is 3.37. The quantitative estimate of drug-likeness (QED) is 0.340. The fourth-order valence-corrected chi connectivity index (χ4v) is 5.83. The Morgan fingerprint density at radius 2 is 1.97 bits per heavy atom. The van der Waals surface area contributed by atoms with Crippen LogP contribution in [0.25, 0.3) is 16.1 Å². The van der Waals surface area contributed by atoms with Gasteiger partial charge in [-0.1, -0.05) is 53.5 Å². The third kappa shape index (κ3) is 4.15. The van der Waals surface area contributed by atoms with Crippen LogP contribution in [0.1, 0.15) is 40.5 Å². The Balaban J connectivity index is 1.44. The van der Waals surface area contributed by atoms with Crippen molar-refractivity contribution in [2.45, 2.75) is 38.6 Å². The van der Waals surface area contributed by atoms with E-state index in [2.05, 4.69) is 4.98 Å². The zero-order chi connectivity index (χ0) is 22.2. The molecule has 1 aliphatic rings. The summed E-state index contributed by atoms with van der Waals surface area (Å²) >= 11 is 14.0. The van der Waals surface area contributed by atoms with Crippen LogP contribution in [0.3, 0.4) is 0 Å². The number of fused-ring (bicyclic) bond motifs is 1. The van der Waals surface area contributed by atoms with Crippen molar-refractivity contribution in [3.8, 4) is 10.4 Å². The van der Waals surface area contributed by atoms with Crippen LogP contribution in [0, 0.1) is 6.92 Å². The maximum atomic E-state index is 13.7. The van der Waals surface area contributed by atoms with Gasteiger partial charge in [0.1, 0.15) is 5.69 Å². The molecule has 0 N–H and O–H groups in total. The van der Waals surface area contributed by atoms with Crippen LogP contribution in [-0.2, 0) is 6.42 Å². The number of thiazole rings is 1. The second-order valence-electron chi connectivity index (χ2n) is 8.10. The summed E-state index contributed by atoms with van der Waals surface area (Å²) in [4.78, 5) is 25.9. The van der Waals surface area contributed by atoms with Gasteiger partial charge in [-0.15, -0.1) is 11.3 Å². The van der Waals surface area contributed by atoms with Gasteiger partial charge in [-0.25, -0.2) is 9.97 Å². The number of carbonyl (C=O) groups is 1. The van der Waals surface area contributed by atoms with Crippen LogP contribution in [0.15, 0.2) is 48.8 Å². The van der Waals surface area contributed by atoms with Crippen molar-refractivity contribution < 1.29 is 4.79 Å². The molecule has 0 bridgehead atoms. The van der Waals surface area contributed by atoms with Crippen molar-refractivity contribution in [1.82, 2.24) is 19.3 Å². The lowest BCUT2D eigenvalue weighted by atomic mass is 9.97. The molecule has 4 aromatic rings. The molecule has 5 rings (SSSR count). The molecule has 1 saturated heterocycles. The summed E-state index contributed by atoms with van der Waals surface area (Å²) in [7, 11) is 0. The van der Waals surface area contributed by atoms with Gasteiger partial charge in [-0.2, -0.15) is 0 Å². The van der Waals surface area contributed by atoms with E-state index in [1.165, 1.54) is 0 Å². The molecule has 0 unspecified atom stereocenters. The summed E-state index contributed by atoms with van der Waals surface area (Å²) in [5.41, 5.74) is 3.16. The van der Waals surface area contributed by atoms with Crippen molar-refractivity contribution in [1.29, 1.82) is 0 Å². The van der Waals surface area contributed by atoms with E-state index >= 15 is 0 Å². The van der Waals surface area contributed by atoms with E-state index in [0.717, 1.165) is 46.9 Å². The van der Waals surface area contributed by atoms with Crippen molar-refractivity contribution >= 4 is 46.1 Å². The van der Waals surface area contributed by atoms with Gasteiger partial charge in [-0.3, -0.25) is 4.79 Å². The van der Waals surface area contributed by atoms with Gasteiger partial charge in [0, 0.05) is 31.4 Å². The standard InChI is InChI=1S/C24H22Cl2N4OS/c1-15-27-21(22(32-15)16-7-3-2-4-8-16)24(31)30-10-6-5-9-19(30)12-18-14-29-13-17(25)11-20(26)23(29)28-18/h2-4,7-8,11,13-14,19H,5-6,9-10,12H2,1H3/t19-/m0/s1. The van der Waals surface area contributed by atoms with E-state index in [1.807, 2.05) is 52.8 Å². The number of halogens is 2. The first-order valence-electron chi connectivity index (χ1n) is 10.7. The number of aryl methyl sites for hydroxylation is 1. The number of nitrogens with zero attached hydrogens (tertiary/aromatic N) is 4. The summed E-state index contributed by atoms with van der Waals surface area (Å²) in [6.45, 7) is 2.68. The highest BCUT2D eigenvalue weighted by atomic mass is 35.5.